The summed E-state index contributed by atoms with van der Waals surface area (Å²) in [5.74, 6) is 0.0482. The molecule has 0 radical (unpaired) electrons. The van der Waals surface area contributed by atoms with Crippen molar-refractivity contribution in [3.8, 4) is 5.75 Å². The Morgan fingerprint density at radius 2 is 1.48 bits per heavy atom. The van der Waals surface area contributed by atoms with Crippen molar-refractivity contribution in [2.75, 3.05) is 0 Å². The average Bonchev–Trinajstić information content (AvgIpc) is 2.40. The molecule has 2 rings (SSSR count). The van der Waals surface area contributed by atoms with E-state index in [1.54, 1.807) is 24.3 Å². The van der Waals surface area contributed by atoms with E-state index in [2.05, 4.69) is 4.18 Å². The Hall–Kier alpha value is -1.83. The highest BCUT2D eigenvalue weighted by Crippen LogP contribution is 2.29. The number of hydrogen-bond donors (Lipinski definition) is 1. The molecule has 0 heterocycles. The molecule has 0 fully saturated rings. The van der Waals surface area contributed by atoms with Gasteiger partial charge in [-0.05, 0) is 43.3 Å². The molecular weight excluding hydrogens is 312 g/mol. The average molecular weight is 324 g/mol. The summed E-state index contributed by atoms with van der Waals surface area (Å²) in [6.45, 7) is 1.51. The first-order chi connectivity index (χ1) is 9.83. The number of Topliss-reactive ketones (excluding diaryl/α,β-unsaturated/α-hetero) is 1. The fourth-order valence-corrected chi connectivity index (χ4v) is 2.75. The summed E-state index contributed by atoms with van der Waals surface area (Å²) < 4.78 is 34.0. The predicted octanol–water partition coefficient (Wildman–Crippen LogP) is 3.22. The van der Waals surface area contributed by atoms with E-state index in [0.29, 0.717) is 5.56 Å². The van der Waals surface area contributed by atoms with Crippen LogP contribution >= 0.6 is 11.8 Å². The SMILES string of the molecule is CC(=O)c1ccc(Sc2ccc(OS(=O)(=O)O)cc2)cc1. The number of hydrogen-bond acceptors (Lipinski definition) is 5. The zero-order chi connectivity index (χ0) is 15.5. The van der Waals surface area contributed by atoms with Crippen LogP contribution in [0.1, 0.15) is 17.3 Å². The van der Waals surface area contributed by atoms with Crippen molar-refractivity contribution in [2.24, 2.45) is 0 Å². The molecule has 0 saturated carbocycles. The van der Waals surface area contributed by atoms with Crippen molar-refractivity contribution >= 4 is 27.9 Å². The van der Waals surface area contributed by atoms with Crippen LogP contribution in [-0.2, 0) is 10.4 Å². The molecular formula is C14H12O5S2. The van der Waals surface area contributed by atoms with Crippen molar-refractivity contribution in [1.29, 1.82) is 0 Å². The van der Waals surface area contributed by atoms with Crippen LogP contribution in [0.15, 0.2) is 58.3 Å². The lowest BCUT2D eigenvalue weighted by molar-refractivity contribution is 0.101. The Morgan fingerprint density at radius 3 is 1.90 bits per heavy atom. The number of carbonyl (C=O) groups excluding carboxylic acids is 1. The molecule has 0 aliphatic heterocycles. The summed E-state index contributed by atoms with van der Waals surface area (Å²) in [4.78, 5) is 13.0. The molecule has 2 aromatic rings. The van der Waals surface area contributed by atoms with Crippen molar-refractivity contribution in [3.63, 3.8) is 0 Å². The maximum Gasteiger partial charge on any atom is 0.446 e. The molecule has 0 atom stereocenters. The molecule has 1 N–H and O–H groups in total. The van der Waals surface area contributed by atoms with Gasteiger partial charge in [-0.2, -0.15) is 8.42 Å². The van der Waals surface area contributed by atoms with E-state index >= 15 is 0 Å². The Morgan fingerprint density at radius 1 is 1.00 bits per heavy atom. The van der Waals surface area contributed by atoms with E-state index in [-0.39, 0.29) is 11.5 Å². The van der Waals surface area contributed by atoms with Gasteiger partial charge in [0.2, 0.25) is 0 Å². The van der Waals surface area contributed by atoms with Crippen LogP contribution in [0.25, 0.3) is 0 Å². The van der Waals surface area contributed by atoms with Crippen LogP contribution in [0.2, 0.25) is 0 Å². The molecule has 0 unspecified atom stereocenters. The first kappa shape index (κ1) is 15.6. The lowest BCUT2D eigenvalue weighted by Gasteiger charge is -2.04. The Bertz CT molecular complexity index is 734. The summed E-state index contributed by atoms with van der Waals surface area (Å²) >= 11 is 1.46. The summed E-state index contributed by atoms with van der Waals surface area (Å²) in [5, 5.41) is 0. The van der Waals surface area contributed by atoms with Gasteiger partial charge in [-0.1, -0.05) is 23.9 Å². The second-order valence-electron chi connectivity index (χ2n) is 4.17. The number of carbonyl (C=O) groups is 1. The highest BCUT2D eigenvalue weighted by Gasteiger charge is 2.07. The zero-order valence-corrected chi connectivity index (χ0v) is 12.6. The van der Waals surface area contributed by atoms with E-state index in [0.717, 1.165) is 9.79 Å². The zero-order valence-electron chi connectivity index (χ0n) is 11.0. The maximum atomic E-state index is 11.2. The third-order valence-corrected chi connectivity index (χ3v) is 3.94. The molecule has 2 aromatic carbocycles. The molecule has 0 aliphatic rings. The van der Waals surface area contributed by atoms with Crippen molar-refractivity contribution in [1.82, 2.24) is 0 Å². The van der Waals surface area contributed by atoms with Gasteiger partial charge in [0.25, 0.3) is 0 Å². The van der Waals surface area contributed by atoms with Crippen LogP contribution in [0.3, 0.4) is 0 Å². The molecule has 110 valence electrons. The van der Waals surface area contributed by atoms with Gasteiger partial charge >= 0.3 is 10.4 Å². The Labute approximate surface area is 126 Å². The minimum Gasteiger partial charge on any atom is -0.362 e. The van der Waals surface area contributed by atoms with Gasteiger partial charge in [-0.25, -0.2) is 0 Å². The fraction of sp³-hybridized carbons (Fsp3) is 0.0714. The lowest BCUT2D eigenvalue weighted by atomic mass is 10.2. The molecule has 0 spiro atoms. The number of benzene rings is 2. The highest BCUT2D eigenvalue weighted by molar-refractivity contribution is 7.99. The second-order valence-corrected chi connectivity index (χ2v) is 6.33. The first-order valence-corrected chi connectivity index (χ1v) is 8.07. The highest BCUT2D eigenvalue weighted by atomic mass is 32.3. The number of ketones is 1. The van der Waals surface area contributed by atoms with Gasteiger partial charge in [0.15, 0.2) is 5.78 Å². The second kappa shape index (κ2) is 6.30. The largest absolute Gasteiger partial charge is 0.446 e. The van der Waals surface area contributed by atoms with E-state index in [1.165, 1.54) is 30.8 Å². The smallest absolute Gasteiger partial charge is 0.362 e. The van der Waals surface area contributed by atoms with E-state index < -0.39 is 10.4 Å². The van der Waals surface area contributed by atoms with Gasteiger partial charge in [0.1, 0.15) is 5.75 Å². The van der Waals surface area contributed by atoms with E-state index in [9.17, 15) is 13.2 Å². The van der Waals surface area contributed by atoms with Crippen LogP contribution in [0.5, 0.6) is 5.75 Å². The normalized spacial score (nSPS) is 11.1. The van der Waals surface area contributed by atoms with Crippen molar-refractivity contribution in [2.45, 2.75) is 16.7 Å². The van der Waals surface area contributed by atoms with Crippen LogP contribution in [0, 0.1) is 0 Å². The van der Waals surface area contributed by atoms with Crippen molar-refractivity contribution in [3.05, 3.63) is 54.1 Å². The third-order valence-electron chi connectivity index (χ3n) is 2.52. The standard InChI is InChI=1S/C14H12O5S2/c1-10(15)11-2-6-13(7-3-11)20-14-8-4-12(5-9-14)19-21(16,17)18/h2-9H,1H3,(H,16,17,18). The van der Waals surface area contributed by atoms with Crippen molar-refractivity contribution < 1.29 is 21.9 Å². The minimum atomic E-state index is -4.50. The monoisotopic (exact) mass is 324 g/mol. The predicted molar refractivity (Wildman–Crippen MR) is 79.2 cm³/mol. The van der Waals surface area contributed by atoms with Crippen LogP contribution in [0.4, 0.5) is 0 Å². The summed E-state index contributed by atoms with van der Waals surface area (Å²) in [5.41, 5.74) is 0.649. The van der Waals surface area contributed by atoms with Crippen LogP contribution in [-0.4, -0.2) is 18.8 Å². The van der Waals surface area contributed by atoms with Gasteiger partial charge in [0, 0.05) is 15.4 Å². The molecule has 0 bridgehead atoms. The quantitative estimate of drug-likeness (QED) is 0.672. The maximum absolute atomic E-state index is 11.2. The molecule has 21 heavy (non-hydrogen) atoms. The Balaban J connectivity index is 2.08. The van der Waals surface area contributed by atoms with Gasteiger partial charge in [-0.3, -0.25) is 9.35 Å². The van der Waals surface area contributed by atoms with Gasteiger partial charge in [0.05, 0.1) is 0 Å². The molecule has 0 amide bonds. The van der Waals surface area contributed by atoms with Gasteiger partial charge < -0.3 is 4.18 Å². The molecule has 5 nitrogen and oxygen atoms in total. The molecule has 0 aromatic heterocycles. The summed E-state index contributed by atoms with van der Waals surface area (Å²) in [6, 6.07) is 13.4. The summed E-state index contributed by atoms with van der Waals surface area (Å²) in [7, 11) is -4.50. The lowest BCUT2D eigenvalue weighted by Crippen LogP contribution is -2.06. The Kier molecular flexibility index (Phi) is 4.66. The molecule has 0 saturated heterocycles. The van der Waals surface area contributed by atoms with Crippen LogP contribution < -0.4 is 4.18 Å². The van der Waals surface area contributed by atoms with E-state index in [1.807, 2.05) is 12.1 Å². The first-order valence-electron chi connectivity index (χ1n) is 5.89. The van der Waals surface area contributed by atoms with Gasteiger partial charge in [-0.15, -0.1) is 0 Å². The topological polar surface area (TPSA) is 80.7 Å². The number of rotatable bonds is 5. The minimum absolute atomic E-state index is 0.0123. The fourth-order valence-electron chi connectivity index (χ4n) is 1.58. The van der Waals surface area contributed by atoms with E-state index in [4.69, 9.17) is 4.55 Å². The third kappa shape index (κ3) is 4.89. The molecule has 0 aliphatic carbocycles. The molecule has 7 heteroatoms. The summed E-state index contributed by atoms with van der Waals surface area (Å²) in [6.07, 6.45) is 0.